The third-order valence-electron chi connectivity index (χ3n) is 5.34. The van der Waals surface area contributed by atoms with Crippen LogP contribution in [0.4, 0.5) is 5.69 Å². The van der Waals surface area contributed by atoms with Crippen LogP contribution in [0.2, 0.25) is 0 Å². The Bertz CT molecular complexity index is 781. The number of carbonyl (C=O) groups excluding carboxylic acids is 1. The maximum Gasteiger partial charge on any atom is 0.236 e. The number of piperidine rings is 1. The highest BCUT2D eigenvalue weighted by atomic mass is 16.5. The van der Waals surface area contributed by atoms with E-state index in [0.717, 1.165) is 38.2 Å². The number of hydrogen-bond acceptors (Lipinski definition) is 7. The molecule has 0 aromatic carbocycles. The van der Waals surface area contributed by atoms with E-state index in [1.54, 1.807) is 13.1 Å². The van der Waals surface area contributed by atoms with Crippen LogP contribution in [0.5, 0.6) is 0 Å². The molecular formula is C19H25N5O3. The van der Waals surface area contributed by atoms with Gasteiger partial charge in [0.05, 0.1) is 25.1 Å². The molecule has 1 spiro atoms. The van der Waals surface area contributed by atoms with E-state index in [1.165, 1.54) is 0 Å². The first kappa shape index (κ1) is 17.9. The van der Waals surface area contributed by atoms with Gasteiger partial charge in [-0.1, -0.05) is 5.16 Å². The quantitative estimate of drug-likeness (QED) is 0.807. The van der Waals surface area contributed by atoms with Crippen LogP contribution >= 0.6 is 0 Å². The molecule has 4 heterocycles. The molecule has 2 aromatic rings. The van der Waals surface area contributed by atoms with Crippen molar-refractivity contribution in [3.8, 4) is 0 Å². The van der Waals surface area contributed by atoms with Gasteiger partial charge in [-0.3, -0.25) is 9.78 Å². The number of rotatable bonds is 3. The topological polar surface area (TPSA) is 84.6 Å². The van der Waals surface area contributed by atoms with E-state index < -0.39 is 0 Å². The molecule has 0 saturated carbocycles. The molecule has 2 aliphatic rings. The van der Waals surface area contributed by atoms with Crippen LogP contribution in [0, 0.1) is 12.3 Å². The fraction of sp³-hybridized carbons (Fsp3) is 0.579. The minimum absolute atomic E-state index is 0.0369. The molecule has 1 atom stereocenters. The number of nitrogens with zero attached hydrogens (tertiary/aromatic N) is 5. The van der Waals surface area contributed by atoms with Gasteiger partial charge in [0.1, 0.15) is 6.42 Å². The zero-order chi connectivity index (χ0) is 18.7. The molecule has 2 fully saturated rings. The van der Waals surface area contributed by atoms with Crippen molar-refractivity contribution >= 4 is 11.6 Å². The molecule has 0 radical (unpaired) electrons. The van der Waals surface area contributed by atoms with Gasteiger partial charge >= 0.3 is 0 Å². The molecule has 1 amide bonds. The van der Waals surface area contributed by atoms with Crippen LogP contribution in [-0.4, -0.2) is 65.3 Å². The lowest BCUT2D eigenvalue weighted by molar-refractivity contribution is -0.135. The fourth-order valence-electron chi connectivity index (χ4n) is 4.07. The molecule has 4 rings (SSSR count). The van der Waals surface area contributed by atoms with Gasteiger partial charge in [-0.25, -0.2) is 0 Å². The van der Waals surface area contributed by atoms with Crippen molar-refractivity contribution in [1.82, 2.24) is 20.0 Å². The number of ether oxygens (including phenoxy) is 1. The lowest BCUT2D eigenvalue weighted by atomic mass is 9.80. The normalized spacial score (nSPS) is 23.4. The van der Waals surface area contributed by atoms with Crippen molar-refractivity contribution in [1.29, 1.82) is 0 Å². The Hall–Kier alpha value is -2.48. The molecule has 8 heteroatoms. The molecule has 1 unspecified atom stereocenters. The predicted octanol–water partition coefficient (Wildman–Crippen LogP) is 1.46. The van der Waals surface area contributed by atoms with E-state index in [1.807, 2.05) is 17.2 Å². The van der Waals surface area contributed by atoms with E-state index in [9.17, 15) is 4.79 Å². The first-order valence-electron chi connectivity index (χ1n) is 9.43. The van der Waals surface area contributed by atoms with E-state index >= 15 is 0 Å². The molecule has 0 aliphatic carbocycles. The van der Waals surface area contributed by atoms with E-state index in [4.69, 9.17) is 9.26 Å². The molecule has 2 saturated heterocycles. The Morgan fingerprint density at radius 2 is 2.26 bits per heavy atom. The van der Waals surface area contributed by atoms with Crippen LogP contribution in [0.15, 0.2) is 29.0 Å². The zero-order valence-corrected chi connectivity index (χ0v) is 15.6. The Labute approximate surface area is 158 Å². The first-order chi connectivity index (χ1) is 13.1. The van der Waals surface area contributed by atoms with Crippen molar-refractivity contribution in [3.63, 3.8) is 0 Å². The highest BCUT2D eigenvalue weighted by Crippen LogP contribution is 2.34. The Morgan fingerprint density at radius 3 is 3.04 bits per heavy atom. The maximum absolute atomic E-state index is 12.8. The van der Waals surface area contributed by atoms with Crippen molar-refractivity contribution in [2.45, 2.75) is 26.2 Å². The van der Waals surface area contributed by atoms with Crippen molar-refractivity contribution in [2.75, 3.05) is 44.3 Å². The summed E-state index contributed by atoms with van der Waals surface area (Å²) in [7, 11) is 0. The Balaban J connectivity index is 1.47. The summed E-state index contributed by atoms with van der Waals surface area (Å²) in [6.45, 7) is 6.27. The molecule has 0 bridgehead atoms. The van der Waals surface area contributed by atoms with Gasteiger partial charge in [0.2, 0.25) is 11.8 Å². The number of anilines is 1. The number of amides is 1. The number of aromatic nitrogens is 3. The third-order valence-corrected chi connectivity index (χ3v) is 5.34. The minimum atomic E-state index is -0.0645. The van der Waals surface area contributed by atoms with Gasteiger partial charge in [-0.15, -0.1) is 0 Å². The SMILES string of the molecule is Cc1noc(CC(=O)N2CCCC3(COCCN(c4cccnc4)C3)C2)n1. The van der Waals surface area contributed by atoms with Gasteiger partial charge in [0.15, 0.2) is 5.82 Å². The summed E-state index contributed by atoms with van der Waals surface area (Å²) in [4.78, 5) is 25.4. The largest absolute Gasteiger partial charge is 0.379 e. The molecule has 144 valence electrons. The molecule has 0 N–H and O–H groups in total. The number of aryl methyl sites for hydroxylation is 1. The standard InChI is InChI=1S/C19H25N5O3/c1-15-21-17(27-22-15)10-18(25)24-7-3-5-19(13-24)12-23(8-9-26-14-19)16-4-2-6-20-11-16/h2,4,6,11H,3,5,7-10,12-14H2,1H3. The second-order valence-corrected chi connectivity index (χ2v) is 7.52. The van der Waals surface area contributed by atoms with Gasteiger partial charge in [-0.05, 0) is 31.9 Å². The minimum Gasteiger partial charge on any atom is -0.379 e. The zero-order valence-electron chi connectivity index (χ0n) is 15.6. The van der Waals surface area contributed by atoms with E-state index in [2.05, 4.69) is 26.1 Å². The summed E-state index contributed by atoms with van der Waals surface area (Å²) < 4.78 is 11.1. The van der Waals surface area contributed by atoms with Crippen molar-refractivity contribution < 1.29 is 14.1 Å². The Morgan fingerprint density at radius 1 is 1.33 bits per heavy atom. The lowest BCUT2D eigenvalue weighted by Gasteiger charge is -2.43. The monoisotopic (exact) mass is 371 g/mol. The highest BCUT2D eigenvalue weighted by Gasteiger charge is 2.40. The summed E-state index contributed by atoms with van der Waals surface area (Å²) in [5.41, 5.74) is 1.04. The second kappa shape index (κ2) is 7.64. The van der Waals surface area contributed by atoms with Crippen LogP contribution in [-0.2, 0) is 16.0 Å². The average molecular weight is 371 g/mol. The lowest BCUT2D eigenvalue weighted by Crippen LogP contribution is -2.52. The summed E-state index contributed by atoms with van der Waals surface area (Å²) in [5, 5.41) is 3.76. The fourth-order valence-corrected chi connectivity index (χ4v) is 4.07. The number of pyridine rings is 1. The molecular weight excluding hydrogens is 346 g/mol. The third kappa shape index (κ3) is 4.10. The Kier molecular flexibility index (Phi) is 5.07. The van der Waals surface area contributed by atoms with E-state index in [-0.39, 0.29) is 17.7 Å². The van der Waals surface area contributed by atoms with E-state index in [0.29, 0.717) is 31.5 Å². The van der Waals surface area contributed by atoms with Gasteiger partial charge in [0, 0.05) is 37.8 Å². The summed E-state index contributed by atoms with van der Waals surface area (Å²) in [5.74, 6) is 0.971. The van der Waals surface area contributed by atoms with Crippen LogP contribution in [0.3, 0.4) is 0 Å². The summed E-state index contributed by atoms with van der Waals surface area (Å²) in [6, 6.07) is 4.03. The molecule has 8 nitrogen and oxygen atoms in total. The molecule has 2 aliphatic heterocycles. The van der Waals surface area contributed by atoms with Crippen molar-refractivity contribution in [3.05, 3.63) is 36.2 Å². The number of hydrogen-bond donors (Lipinski definition) is 0. The maximum atomic E-state index is 12.8. The molecule has 2 aromatic heterocycles. The summed E-state index contributed by atoms with van der Waals surface area (Å²) in [6.07, 6.45) is 5.85. The van der Waals surface area contributed by atoms with Gasteiger partial charge in [0.25, 0.3) is 0 Å². The number of carbonyl (C=O) groups is 1. The smallest absolute Gasteiger partial charge is 0.236 e. The van der Waals surface area contributed by atoms with Crippen molar-refractivity contribution in [2.24, 2.45) is 5.41 Å². The average Bonchev–Trinajstić information content (AvgIpc) is 2.98. The first-order valence-corrected chi connectivity index (χ1v) is 9.43. The van der Waals surface area contributed by atoms with Gasteiger partial charge in [-0.2, -0.15) is 4.98 Å². The van der Waals surface area contributed by atoms with Crippen LogP contribution < -0.4 is 4.90 Å². The van der Waals surface area contributed by atoms with Crippen LogP contribution in [0.25, 0.3) is 0 Å². The predicted molar refractivity (Wildman–Crippen MR) is 98.3 cm³/mol. The highest BCUT2D eigenvalue weighted by molar-refractivity contribution is 5.78. The second-order valence-electron chi connectivity index (χ2n) is 7.52. The van der Waals surface area contributed by atoms with Gasteiger partial charge < -0.3 is 19.1 Å². The molecule has 27 heavy (non-hydrogen) atoms. The van der Waals surface area contributed by atoms with Crippen LogP contribution in [0.1, 0.15) is 24.6 Å². The summed E-state index contributed by atoms with van der Waals surface area (Å²) >= 11 is 0. The number of likely N-dealkylation sites (tertiary alicyclic amines) is 1.